The number of anilines is 2. The first-order valence-electron chi connectivity index (χ1n) is 8.69. The summed E-state index contributed by atoms with van der Waals surface area (Å²) in [6.45, 7) is 4.11. The van der Waals surface area contributed by atoms with Crippen LogP contribution >= 0.6 is 11.3 Å². The normalized spacial score (nSPS) is 14.3. The summed E-state index contributed by atoms with van der Waals surface area (Å²) in [5.74, 6) is 0.679. The Bertz CT molecular complexity index is 688. The van der Waals surface area contributed by atoms with Gasteiger partial charge in [-0.15, -0.1) is 11.3 Å². The van der Waals surface area contributed by atoms with Crippen molar-refractivity contribution in [2.45, 2.75) is 6.42 Å². The molecular weight excluding hydrogens is 352 g/mol. The first-order valence-corrected chi connectivity index (χ1v) is 9.57. The summed E-state index contributed by atoms with van der Waals surface area (Å²) in [4.78, 5) is 21.0. The monoisotopic (exact) mass is 376 g/mol. The molecule has 8 heteroatoms. The number of nitrogens with one attached hydrogen (secondary N) is 1. The zero-order valence-corrected chi connectivity index (χ0v) is 15.7. The molecule has 2 amide bonds. The molecule has 1 aromatic heterocycles. The van der Waals surface area contributed by atoms with Crippen molar-refractivity contribution >= 4 is 28.2 Å². The van der Waals surface area contributed by atoms with Gasteiger partial charge in [0, 0.05) is 57.9 Å². The second-order valence-electron chi connectivity index (χ2n) is 5.91. The smallest absolute Gasteiger partial charge is 0.322 e. The Balaban J connectivity index is 1.52. The third kappa shape index (κ3) is 4.86. The molecule has 2 heterocycles. The van der Waals surface area contributed by atoms with Gasteiger partial charge in [-0.05, 0) is 12.1 Å². The van der Waals surface area contributed by atoms with Crippen LogP contribution in [0.4, 0.5) is 15.6 Å². The average Bonchev–Trinajstić information content (AvgIpc) is 3.21. The number of methoxy groups -OCH3 is 1. The number of hydrogen-bond acceptors (Lipinski definition) is 6. The van der Waals surface area contributed by atoms with Crippen LogP contribution in [0.3, 0.4) is 0 Å². The lowest BCUT2D eigenvalue weighted by molar-refractivity contribution is 0.172. The summed E-state index contributed by atoms with van der Waals surface area (Å²) in [6.07, 6.45) is 2.61. The van der Waals surface area contributed by atoms with Crippen molar-refractivity contribution in [2.24, 2.45) is 0 Å². The molecule has 140 valence electrons. The summed E-state index contributed by atoms with van der Waals surface area (Å²) in [7, 11) is 1.67. The number of piperazine rings is 1. The van der Waals surface area contributed by atoms with Crippen LogP contribution in [0.1, 0.15) is 6.42 Å². The third-order valence-corrected chi connectivity index (χ3v) is 4.97. The van der Waals surface area contributed by atoms with Crippen LogP contribution < -0.4 is 15.0 Å². The molecule has 0 radical (unpaired) electrons. The molecule has 0 spiro atoms. The van der Waals surface area contributed by atoms with E-state index in [-0.39, 0.29) is 6.03 Å². The highest BCUT2D eigenvalue weighted by Gasteiger charge is 2.23. The predicted octanol–water partition coefficient (Wildman–Crippen LogP) is 2.91. The van der Waals surface area contributed by atoms with Gasteiger partial charge in [0.15, 0.2) is 5.13 Å². The number of hydrogen-bond donors (Lipinski definition) is 1. The lowest BCUT2D eigenvalue weighted by Crippen LogP contribution is -2.50. The molecule has 0 bridgehead atoms. The van der Waals surface area contributed by atoms with Crippen LogP contribution in [0.2, 0.25) is 0 Å². The predicted molar refractivity (Wildman–Crippen MR) is 103 cm³/mol. The van der Waals surface area contributed by atoms with Crippen LogP contribution in [-0.4, -0.2) is 62.4 Å². The Morgan fingerprint density at radius 2 is 2.04 bits per heavy atom. The van der Waals surface area contributed by atoms with Gasteiger partial charge in [-0.25, -0.2) is 9.78 Å². The summed E-state index contributed by atoms with van der Waals surface area (Å²) < 4.78 is 10.8. The molecule has 1 aliphatic heterocycles. The van der Waals surface area contributed by atoms with Gasteiger partial charge in [0.1, 0.15) is 5.75 Å². The number of amides is 2. The summed E-state index contributed by atoms with van der Waals surface area (Å²) >= 11 is 1.62. The lowest BCUT2D eigenvalue weighted by atomic mass is 10.3. The molecule has 0 aliphatic carbocycles. The minimum absolute atomic E-state index is 0.100. The van der Waals surface area contributed by atoms with Gasteiger partial charge in [-0.1, -0.05) is 12.1 Å². The lowest BCUT2D eigenvalue weighted by Gasteiger charge is -2.34. The SMILES string of the molecule is COCCCOc1ccccc1NC(=O)N1CCN(c2nccs2)CC1. The van der Waals surface area contributed by atoms with Crippen molar-refractivity contribution in [3.63, 3.8) is 0 Å². The first-order chi connectivity index (χ1) is 12.8. The largest absolute Gasteiger partial charge is 0.491 e. The molecule has 1 aromatic carbocycles. The summed E-state index contributed by atoms with van der Waals surface area (Å²) in [6, 6.07) is 7.40. The fourth-order valence-electron chi connectivity index (χ4n) is 2.75. The Morgan fingerprint density at radius 3 is 2.77 bits per heavy atom. The number of ether oxygens (including phenoxy) is 2. The zero-order valence-electron chi connectivity index (χ0n) is 14.9. The fraction of sp³-hybridized carbons (Fsp3) is 0.444. The van der Waals surface area contributed by atoms with E-state index in [1.54, 1.807) is 18.4 Å². The van der Waals surface area contributed by atoms with Gasteiger partial charge in [-0.3, -0.25) is 0 Å². The second kappa shape index (κ2) is 9.40. The number of urea groups is 1. The number of thiazole rings is 1. The van der Waals surface area contributed by atoms with Crippen LogP contribution in [0.5, 0.6) is 5.75 Å². The van der Waals surface area contributed by atoms with E-state index in [4.69, 9.17) is 9.47 Å². The summed E-state index contributed by atoms with van der Waals surface area (Å²) in [5.41, 5.74) is 0.692. The molecular formula is C18H24N4O3S. The maximum atomic E-state index is 12.6. The molecule has 0 saturated carbocycles. The minimum atomic E-state index is -0.100. The third-order valence-electron chi connectivity index (χ3n) is 4.14. The number of carbonyl (C=O) groups excluding carboxylic acids is 1. The quantitative estimate of drug-likeness (QED) is 0.753. The molecule has 0 unspecified atom stereocenters. The maximum absolute atomic E-state index is 12.6. The first kappa shape index (κ1) is 18.5. The molecule has 7 nitrogen and oxygen atoms in total. The van der Waals surface area contributed by atoms with E-state index in [9.17, 15) is 4.79 Å². The van der Waals surface area contributed by atoms with Crippen molar-refractivity contribution in [1.82, 2.24) is 9.88 Å². The Morgan fingerprint density at radius 1 is 1.23 bits per heavy atom. The number of benzene rings is 1. The molecule has 2 aromatic rings. The van der Waals surface area contributed by atoms with E-state index in [0.717, 1.165) is 24.6 Å². The average molecular weight is 376 g/mol. The molecule has 1 N–H and O–H groups in total. The Labute approximate surface area is 157 Å². The van der Waals surface area contributed by atoms with E-state index in [1.807, 2.05) is 40.7 Å². The standard InChI is InChI=1S/C18H24N4O3S/c1-24-12-4-13-25-16-6-3-2-5-15(16)20-17(23)21-8-10-22(11-9-21)18-19-7-14-26-18/h2-3,5-7,14H,4,8-13H2,1H3,(H,20,23). The molecule has 1 saturated heterocycles. The van der Waals surface area contributed by atoms with Crippen molar-refractivity contribution in [3.8, 4) is 5.75 Å². The van der Waals surface area contributed by atoms with E-state index in [2.05, 4.69) is 15.2 Å². The van der Waals surface area contributed by atoms with Gasteiger partial charge >= 0.3 is 6.03 Å². The van der Waals surface area contributed by atoms with Crippen molar-refractivity contribution in [2.75, 3.05) is 56.7 Å². The molecule has 1 aliphatic rings. The van der Waals surface area contributed by atoms with Crippen LogP contribution in [-0.2, 0) is 4.74 Å². The van der Waals surface area contributed by atoms with Gasteiger partial charge in [-0.2, -0.15) is 0 Å². The Hall–Kier alpha value is -2.32. The van der Waals surface area contributed by atoms with Crippen molar-refractivity contribution < 1.29 is 14.3 Å². The Kier molecular flexibility index (Phi) is 6.68. The number of rotatable bonds is 7. The van der Waals surface area contributed by atoms with Crippen LogP contribution in [0, 0.1) is 0 Å². The molecule has 26 heavy (non-hydrogen) atoms. The van der Waals surface area contributed by atoms with E-state index < -0.39 is 0 Å². The maximum Gasteiger partial charge on any atom is 0.322 e. The van der Waals surface area contributed by atoms with Gasteiger partial charge in [0.2, 0.25) is 0 Å². The van der Waals surface area contributed by atoms with Crippen molar-refractivity contribution in [1.29, 1.82) is 0 Å². The van der Waals surface area contributed by atoms with Crippen LogP contribution in [0.25, 0.3) is 0 Å². The minimum Gasteiger partial charge on any atom is -0.491 e. The van der Waals surface area contributed by atoms with Gasteiger partial charge in [0.25, 0.3) is 0 Å². The number of carbonyl (C=O) groups is 1. The molecule has 0 atom stereocenters. The molecule has 3 rings (SSSR count). The fourth-order valence-corrected chi connectivity index (χ4v) is 3.45. The molecule has 1 fully saturated rings. The second-order valence-corrected chi connectivity index (χ2v) is 6.78. The number of para-hydroxylation sites is 2. The topological polar surface area (TPSA) is 66.9 Å². The highest BCUT2D eigenvalue weighted by atomic mass is 32.1. The van der Waals surface area contributed by atoms with Crippen LogP contribution in [0.15, 0.2) is 35.8 Å². The number of nitrogens with zero attached hydrogens (tertiary/aromatic N) is 3. The number of aromatic nitrogens is 1. The summed E-state index contributed by atoms with van der Waals surface area (Å²) in [5, 5.41) is 5.95. The van der Waals surface area contributed by atoms with E-state index in [0.29, 0.717) is 37.7 Å². The van der Waals surface area contributed by atoms with E-state index >= 15 is 0 Å². The highest BCUT2D eigenvalue weighted by molar-refractivity contribution is 7.13. The highest BCUT2D eigenvalue weighted by Crippen LogP contribution is 2.25. The van der Waals surface area contributed by atoms with Crippen molar-refractivity contribution in [3.05, 3.63) is 35.8 Å². The van der Waals surface area contributed by atoms with Gasteiger partial charge < -0.3 is 24.6 Å². The van der Waals surface area contributed by atoms with E-state index in [1.165, 1.54) is 0 Å². The zero-order chi connectivity index (χ0) is 18.2. The van der Waals surface area contributed by atoms with Gasteiger partial charge in [0.05, 0.1) is 12.3 Å².